The quantitative estimate of drug-likeness (QED) is 0.823. The molecule has 1 saturated carbocycles. The molecule has 0 spiro atoms. The van der Waals surface area contributed by atoms with E-state index in [1.807, 2.05) is 19.1 Å². The molecule has 1 aliphatic carbocycles. The summed E-state index contributed by atoms with van der Waals surface area (Å²) in [6, 6.07) is 7.06. The summed E-state index contributed by atoms with van der Waals surface area (Å²) >= 11 is 0. The van der Waals surface area contributed by atoms with Crippen molar-refractivity contribution in [2.24, 2.45) is 5.41 Å². The van der Waals surface area contributed by atoms with Gasteiger partial charge in [0.2, 0.25) is 0 Å². The van der Waals surface area contributed by atoms with Crippen LogP contribution in [0.5, 0.6) is 5.75 Å². The third-order valence-corrected chi connectivity index (χ3v) is 3.77. The number of carbonyl (C=O) groups is 1. The van der Waals surface area contributed by atoms with Crippen molar-refractivity contribution in [1.29, 1.82) is 0 Å². The lowest BCUT2D eigenvalue weighted by atomic mass is 9.59. The van der Waals surface area contributed by atoms with Crippen molar-refractivity contribution in [1.82, 2.24) is 0 Å². The first-order valence-corrected chi connectivity index (χ1v) is 5.60. The Hall–Kier alpha value is -1.51. The van der Waals surface area contributed by atoms with Gasteiger partial charge < -0.3 is 10.2 Å². The summed E-state index contributed by atoms with van der Waals surface area (Å²) in [4.78, 5) is 11.1. The maximum absolute atomic E-state index is 11.1. The lowest BCUT2D eigenvalue weighted by Gasteiger charge is -2.44. The van der Waals surface area contributed by atoms with Gasteiger partial charge in [0.15, 0.2) is 0 Å². The molecule has 0 aliphatic heterocycles. The van der Waals surface area contributed by atoms with Crippen LogP contribution in [0, 0.1) is 5.41 Å². The third kappa shape index (κ3) is 1.66. The van der Waals surface area contributed by atoms with Crippen molar-refractivity contribution in [3.05, 3.63) is 29.8 Å². The van der Waals surface area contributed by atoms with Gasteiger partial charge in [0.05, 0.1) is 5.41 Å². The number of aromatic hydroxyl groups is 1. The topological polar surface area (TPSA) is 57.5 Å². The third-order valence-electron chi connectivity index (χ3n) is 3.77. The van der Waals surface area contributed by atoms with E-state index in [1.54, 1.807) is 12.1 Å². The smallest absolute Gasteiger partial charge is 0.309 e. The molecule has 3 heteroatoms. The Morgan fingerprint density at radius 1 is 1.38 bits per heavy atom. The predicted molar refractivity (Wildman–Crippen MR) is 60.4 cm³/mol. The molecule has 1 fully saturated rings. The van der Waals surface area contributed by atoms with E-state index in [2.05, 4.69) is 0 Å². The molecule has 1 aliphatic rings. The molecule has 2 N–H and O–H groups in total. The first-order chi connectivity index (χ1) is 7.57. The van der Waals surface area contributed by atoms with E-state index >= 15 is 0 Å². The van der Waals surface area contributed by atoms with Crippen LogP contribution in [0.25, 0.3) is 0 Å². The lowest BCUT2D eigenvalue weighted by molar-refractivity contribution is -0.156. The van der Waals surface area contributed by atoms with Gasteiger partial charge in [0.25, 0.3) is 0 Å². The Bertz CT molecular complexity index is 388. The van der Waals surface area contributed by atoms with Crippen LogP contribution in [0.15, 0.2) is 24.3 Å². The molecule has 0 radical (unpaired) electrons. The summed E-state index contributed by atoms with van der Waals surface area (Å²) in [6.07, 6.45) is 2.12. The molecule has 1 aromatic carbocycles. The van der Waals surface area contributed by atoms with Crippen molar-refractivity contribution in [3.63, 3.8) is 0 Å². The van der Waals surface area contributed by atoms with Gasteiger partial charge in [0, 0.05) is 0 Å². The van der Waals surface area contributed by atoms with Crippen LogP contribution in [0.1, 0.15) is 37.7 Å². The second-order valence-electron chi connectivity index (χ2n) is 4.64. The molecule has 0 amide bonds. The zero-order chi connectivity index (χ0) is 11.8. The van der Waals surface area contributed by atoms with Gasteiger partial charge in [-0.2, -0.15) is 0 Å². The Balaban J connectivity index is 2.07. The van der Waals surface area contributed by atoms with Gasteiger partial charge in [-0.3, -0.25) is 4.79 Å². The maximum Gasteiger partial charge on any atom is 0.309 e. The summed E-state index contributed by atoms with van der Waals surface area (Å²) in [5.41, 5.74) is 0.617. The minimum absolute atomic E-state index is 0.253. The van der Waals surface area contributed by atoms with E-state index in [9.17, 15) is 9.90 Å². The zero-order valence-electron chi connectivity index (χ0n) is 9.31. The van der Waals surface area contributed by atoms with E-state index in [0.717, 1.165) is 5.56 Å². The van der Waals surface area contributed by atoms with E-state index in [1.165, 1.54) is 0 Å². The van der Waals surface area contributed by atoms with Crippen LogP contribution < -0.4 is 0 Å². The number of aliphatic carboxylic acids is 1. The second-order valence-corrected chi connectivity index (χ2v) is 4.64. The number of benzene rings is 1. The number of carboxylic acids is 1. The Morgan fingerprint density at radius 3 is 2.38 bits per heavy atom. The minimum Gasteiger partial charge on any atom is -0.508 e. The fourth-order valence-electron chi connectivity index (χ4n) is 2.48. The van der Waals surface area contributed by atoms with Crippen LogP contribution >= 0.6 is 0 Å². The van der Waals surface area contributed by atoms with Crippen molar-refractivity contribution >= 4 is 5.97 Å². The number of hydrogen-bond donors (Lipinski definition) is 2. The highest BCUT2D eigenvalue weighted by Gasteiger charge is 2.49. The molecule has 2 rings (SSSR count). The molecule has 3 nitrogen and oxygen atoms in total. The van der Waals surface area contributed by atoms with Crippen LogP contribution in [-0.2, 0) is 4.79 Å². The molecular formula is C13H16O3. The summed E-state index contributed by atoms with van der Waals surface area (Å²) in [6.45, 7) is 1.93. The van der Waals surface area contributed by atoms with Gasteiger partial charge >= 0.3 is 5.97 Å². The maximum atomic E-state index is 11.1. The van der Waals surface area contributed by atoms with Crippen molar-refractivity contribution in [3.8, 4) is 5.75 Å². The average Bonchev–Trinajstić information content (AvgIpc) is 2.19. The van der Waals surface area contributed by atoms with Crippen LogP contribution in [-0.4, -0.2) is 16.2 Å². The van der Waals surface area contributed by atoms with E-state index in [4.69, 9.17) is 5.11 Å². The van der Waals surface area contributed by atoms with Crippen molar-refractivity contribution in [2.75, 3.05) is 0 Å². The summed E-state index contributed by atoms with van der Waals surface area (Å²) < 4.78 is 0. The van der Waals surface area contributed by atoms with E-state index < -0.39 is 11.4 Å². The molecule has 0 bridgehead atoms. The Kier molecular flexibility index (Phi) is 2.62. The molecule has 0 atom stereocenters. The van der Waals surface area contributed by atoms with E-state index in [0.29, 0.717) is 25.2 Å². The predicted octanol–water partition coefficient (Wildman–Crippen LogP) is 2.75. The first kappa shape index (κ1) is 11.0. The molecule has 16 heavy (non-hydrogen) atoms. The zero-order valence-corrected chi connectivity index (χ0v) is 9.31. The van der Waals surface area contributed by atoms with Gasteiger partial charge in [-0.15, -0.1) is 0 Å². The summed E-state index contributed by atoms with van der Waals surface area (Å²) in [7, 11) is 0. The Morgan fingerprint density at radius 2 is 1.94 bits per heavy atom. The van der Waals surface area contributed by atoms with Gasteiger partial charge in [-0.1, -0.05) is 19.1 Å². The van der Waals surface area contributed by atoms with Crippen LogP contribution in [0.4, 0.5) is 0 Å². The highest BCUT2D eigenvalue weighted by atomic mass is 16.4. The normalized spacial score (nSPS) is 28.4. The molecular weight excluding hydrogens is 204 g/mol. The second kappa shape index (κ2) is 3.81. The molecule has 86 valence electrons. The number of hydrogen-bond acceptors (Lipinski definition) is 2. The number of carboxylic acid groups (broad SMARTS) is 1. The van der Waals surface area contributed by atoms with Crippen molar-refractivity contribution in [2.45, 2.75) is 32.1 Å². The first-order valence-electron chi connectivity index (χ1n) is 5.60. The average molecular weight is 220 g/mol. The van der Waals surface area contributed by atoms with Gasteiger partial charge in [0.1, 0.15) is 5.75 Å². The number of phenolic OH excluding ortho intramolecular Hbond substituents is 1. The number of phenols is 1. The standard InChI is InChI=1S/C13H16O3/c1-2-13(12(15)16)7-10(8-13)9-3-5-11(14)6-4-9/h3-6,10,14H,2,7-8H2,1H3,(H,15,16). The minimum atomic E-state index is -0.676. The molecule has 0 unspecified atom stereocenters. The monoisotopic (exact) mass is 220 g/mol. The molecule has 0 saturated heterocycles. The molecule has 0 heterocycles. The summed E-state index contributed by atoms with van der Waals surface area (Å²) in [5.74, 6) is -0.0928. The molecule has 1 aromatic rings. The highest BCUT2D eigenvalue weighted by molar-refractivity contribution is 5.76. The van der Waals surface area contributed by atoms with Gasteiger partial charge in [-0.05, 0) is 42.9 Å². The Labute approximate surface area is 94.7 Å². The summed E-state index contributed by atoms with van der Waals surface area (Å²) in [5, 5.41) is 18.3. The van der Waals surface area contributed by atoms with Crippen molar-refractivity contribution < 1.29 is 15.0 Å². The largest absolute Gasteiger partial charge is 0.508 e. The van der Waals surface area contributed by atoms with Crippen LogP contribution in [0.2, 0.25) is 0 Å². The molecule has 0 aromatic heterocycles. The van der Waals surface area contributed by atoms with Crippen LogP contribution in [0.3, 0.4) is 0 Å². The van der Waals surface area contributed by atoms with Gasteiger partial charge in [-0.25, -0.2) is 0 Å². The SMILES string of the molecule is CCC1(C(=O)O)CC(c2ccc(O)cc2)C1. The fraction of sp³-hybridized carbons (Fsp3) is 0.462. The fourth-order valence-corrected chi connectivity index (χ4v) is 2.48. The number of rotatable bonds is 3. The lowest BCUT2D eigenvalue weighted by Crippen LogP contribution is -2.42. The van der Waals surface area contributed by atoms with E-state index in [-0.39, 0.29) is 5.75 Å². The highest BCUT2D eigenvalue weighted by Crippen LogP contribution is 2.53.